The fraction of sp³-hybridized carbons (Fsp3) is 0.280. The molecule has 158 valence electrons. The first-order valence-corrected chi connectivity index (χ1v) is 10.7. The number of aromatic amines is 1. The second-order valence-corrected chi connectivity index (χ2v) is 8.18. The van der Waals surface area contributed by atoms with Crippen LogP contribution in [0.2, 0.25) is 0 Å². The van der Waals surface area contributed by atoms with E-state index in [4.69, 9.17) is 4.74 Å². The van der Waals surface area contributed by atoms with E-state index in [1.807, 2.05) is 31.2 Å². The zero-order chi connectivity index (χ0) is 21.2. The highest BCUT2D eigenvalue weighted by Gasteiger charge is 2.22. The van der Waals surface area contributed by atoms with Gasteiger partial charge in [0.1, 0.15) is 11.4 Å². The van der Waals surface area contributed by atoms with Crippen molar-refractivity contribution in [3.8, 4) is 5.75 Å². The third kappa shape index (κ3) is 3.99. The van der Waals surface area contributed by atoms with E-state index in [1.54, 1.807) is 0 Å². The van der Waals surface area contributed by atoms with Crippen LogP contribution in [0.5, 0.6) is 5.75 Å². The fourth-order valence-corrected chi connectivity index (χ4v) is 4.21. The van der Waals surface area contributed by atoms with Crippen molar-refractivity contribution in [3.63, 3.8) is 0 Å². The molecule has 31 heavy (non-hydrogen) atoms. The van der Waals surface area contributed by atoms with Crippen molar-refractivity contribution in [2.24, 2.45) is 0 Å². The molecule has 1 atom stereocenters. The molecule has 0 saturated carbocycles. The summed E-state index contributed by atoms with van der Waals surface area (Å²) < 4.78 is 6.54. The molecule has 1 aliphatic heterocycles. The number of benzene rings is 3. The molecule has 1 unspecified atom stereocenters. The molecule has 0 bridgehead atoms. The van der Waals surface area contributed by atoms with E-state index in [-0.39, 0.29) is 6.10 Å². The maximum Gasteiger partial charge on any atom is 0.169 e. The second-order valence-electron chi connectivity index (χ2n) is 8.18. The number of hydrogen-bond donors (Lipinski definition) is 1. The Morgan fingerprint density at radius 2 is 1.74 bits per heavy atom. The fourth-order valence-electron chi connectivity index (χ4n) is 4.21. The number of nitrogens with one attached hydrogen (secondary N) is 1. The molecule has 2 heterocycles. The molecule has 0 amide bonds. The van der Waals surface area contributed by atoms with Crippen molar-refractivity contribution in [1.29, 1.82) is 0 Å². The summed E-state index contributed by atoms with van der Waals surface area (Å²) in [5, 5.41) is 13.7. The number of piperazine rings is 1. The molecule has 0 aliphatic carbocycles. The van der Waals surface area contributed by atoms with Gasteiger partial charge < -0.3 is 14.5 Å². The zero-order valence-electron chi connectivity index (χ0n) is 18.0. The molecule has 1 fully saturated rings. The highest BCUT2D eigenvalue weighted by atomic mass is 16.5. The highest BCUT2D eigenvalue weighted by Crippen LogP contribution is 2.34. The van der Waals surface area contributed by atoms with Crippen molar-refractivity contribution in [1.82, 2.24) is 20.3 Å². The third-order valence-electron chi connectivity index (χ3n) is 6.04. The van der Waals surface area contributed by atoms with Gasteiger partial charge in [-0.05, 0) is 43.1 Å². The summed E-state index contributed by atoms with van der Waals surface area (Å²) in [6.45, 7) is 6.19. The van der Waals surface area contributed by atoms with Gasteiger partial charge >= 0.3 is 0 Å². The summed E-state index contributed by atoms with van der Waals surface area (Å²) in [5.41, 5.74) is 4.03. The van der Waals surface area contributed by atoms with Crippen LogP contribution < -0.4 is 9.64 Å². The van der Waals surface area contributed by atoms with Gasteiger partial charge in [0.05, 0.1) is 5.69 Å². The SMILES string of the molecule is Cc1[nH]nnc1C(Oc1ccc2cccc(N3CCN(C)CC3)c2c1)c1ccccc1. The lowest BCUT2D eigenvalue weighted by atomic mass is 10.0. The molecule has 4 aromatic rings. The first-order valence-electron chi connectivity index (χ1n) is 10.7. The van der Waals surface area contributed by atoms with Crippen LogP contribution in [-0.2, 0) is 0 Å². The largest absolute Gasteiger partial charge is 0.479 e. The number of hydrogen-bond acceptors (Lipinski definition) is 5. The molecule has 6 nitrogen and oxygen atoms in total. The smallest absolute Gasteiger partial charge is 0.169 e. The average molecular weight is 414 g/mol. The zero-order valence-corrected chi connectivity index (χ0v) is 18.0. The predicted molar refractivity (Wildman–Crippen MR) is 124 cm³/mol. The summed E-state index contributed by atoms with van der Waals surface area (Å²) in [6, 6.07) is 23.0. The van der Waals surface area contributed by atoms with Crippen LogP contribution in [0, 0.1) is 6.92 Å². The van der Waals surface area contributed by atoms with Crippen LogP contribution in [0.15, 0.2) is 66.7 Å². The maximum absolute atomic E-state index is 6.54. The van der Waals surface area contributed by atoms with E-state index >= 15 is 0 Å². The summed E-state index contributed by atoms with van der Waals surface area (Å²) in [5.74, 6) is 0.824. The topological polar surface area (TPSA) is 57.3 Å². The Balaban J connectivity index is 1.52. The van der Waals surface area contributed by atoms with E-state index < -0.39 is 0 Å². The standard InChI is InChI=1S/C25H27N5O/c1-18-24(27-28-26-18)25(20-7-4-3-5-8-20)31-21-12-11-19-9-6-10-23(22(19)17-21)30-15-13-29(2)14-16-30/h3-12,17,25H,13-16H2,1-2H3,(H,26,27,28). The molecule has 1 N–H and O–H groups in total. The average Bonchev–Trinajstić information content (AvgIpc) is 3.23. The molecule has 1 saturated heterocycles. The molecule has 5 rings (SSSR count). The van der Waals surface area contributed by atoms with E-state index in [0.29, 0.717) is 0 Å². The van der Waals surface area contributed by atoms with Gasteiger partial charge in [0.2, 0.25) is 0 Å². The van der Waals surface area contributed by atoms with Crippen LogP contribution in [0.25, 0.3) is 10.8 Å². The first-order chi connectivity index (χ1) is 15.2. The maximum atomic E-state index is 6.54. The van der Waals surface area contributed by atoms with Crippen LogP contribution >= 0.6 is 0 Å². The van der Waals surface area contributed by atoms with Crippen molar-refractivity contribution >= 4 is 16.5 Å². The first kappa shape index (κ1) is 19.6. The van der Waals surface area contributed by atoms with Crippen LogP contribution in [0.3, 0.4) is 0 Å². The lowest BCUT2D eigenvalue weighted by Crippen LogP contribution is -2.44. The van der Waals surface area contributed by atoms with Crippen LogP contribution in [0.4, 0.5) is 5.69 Å². The molecule has 1 aromatic heterocycles. The number of fused-ring (bicyclic) bond motifs is 1. The number of H-pyrrole nitrogens is 1. The van der Waals surface area contributed by atoms with Gasteiger partial charge in [-0.25, -0.2) is 0 Å². The van der Waals surface area contributed by atoms with Gasteiger partial charge in [-0.15, -0.1) is 5.10 Å². The number of anilines is 1. The molecular formula is C25H27N5O. The Kier molecular flexibility index (Phi) is 5.30. The van der Waals surface area contributed by atoms with E-state index in [0.717, 1.165) is 48.9 Å². The second kappa shape index (κ2) is 8.40. The molecule has 0 spiro atoms. The Labute approximate surface area is 182 Å². The van der Waals surface area contributed by atoms with Crippen molar-refractivity contribution < 1.29 is 4.74 Å². The number of rotatable bonds is 5. The monoisotopic (exact) mass is 413 g/mol. The normalized spacial score (nSPS) is 15.9. The van der Waals surface area contributed by atoms with Crippen LogP contribution in [-0.4, -0.2) is 53.5 Å². The minimum Gasteiger partial charge on any atom is -0.479 e. The lowest BCUT2D eigenvalue weighted by Gasteiger charge is -2.34. The van der Waals surface area contributed by atoms with Gasteiger partial charge in [0.25, 0.3) is 0 Å². The van der Waals surface area contributed by atoms with Crippen molar-refractivity contribution in [3.05, 3.63) is 83.7 Å². The quantitative estimate of drug-likeness (QED) is 0.532. The highest BCUT2D eigenvalue weighted by molar-refractivity contribution is 5.95. The number of nitrogens with zero attached hydrogens (tertiary/aromatic N) is 4. The molecule has 1 aliphatic rings. The van der Waals surface area contributed by atoms with Crippen LogP contribution in [0.1, 0.15) is 23.1 Å². The Morgan fingerprint density at radius 1 is 0.935 bits per heavy atom. The predicted octanol–water partition coefficient (Wildman–Crippen LogP) is 4.19. The summed E-state index contributed by atoms with van der Waals surface area (Å²) in [6.07, 6.45) is -0.326. The Morgan fingerprint density at radius 3 is 2.48 bits per heavy atom. The number of aromatic nitrogens is 3. The van der Waals surface area contributed by atoms with Gasteiger partial charge in [0, 0.05) is 37.3 Å². The molecule has 3 aromatic carbocycles. The Bertz CT molecular complexity index is 1160. The minimum absolute atomic E-state index is 0.326. The van der Waals surface area contributed by atoms with E-state index in [2.05, 4.69) is 74.7 Å². The van der Waals surface area contributed by atoms with Gasteiger partial charge in [0.15, 0.2) is 6.10 Å². The van der Waals surface area contributed by atoms with E-state index in [9.17, 15) is 0 Å². The summed E-state index contributed by atoms with van der Waals surface area (Å²) in [4.78, 5) is 4.85. The van der Waals surface area contributed by atoms with Gasteiger partial charge in [-0.3, -0.25) is 5.10 Å². The van der Waals surface area contributed by atoms with Crippen molar-refractivity contribution in [2.75, 3.05) is 38.1 Å². The lowest BCUT2D eigenvalue weighted by molar-refractivity contribution is 0.241. The minimum atomic E-state index is -0.326. The molecule has 6 heteroatoms. The third-order valence-corrected chi connectivity index (χ3v) is 6.04. The summed E-state index contributed by atoms with van der Waals surface area (Å²) >= 11 is 0. The number of likely N-dealkylation sites (N-methyl/N-ethyl adjacent to an activating group) is 1. The molecular weight excluding hydrogens is 386 g/mol. The van der Waals surface area contributed by atoms with Crippen molar-refractivity contribution in [2.45, 2.75) is 13.0 Å². The van der Waals surface area contributed by atoms with Gasteiger partial charge in [-0.1, -0.05) is 53.7 Å². The number of aryl methyl sites for hydroxylation is 1. The number of ether oxygens (including phenoxy) is 1. The Hall–Kier alpha value is -3.38. The molecule has 0 radical (unpaired) electrons. The van der Waals surface area contributed by atoms with Gasteiger partial charge in [-0.2, -0.15) is 0 Å². The summed E-state index contributed by atoms with van der Waals surface area (Å²) in [7, 11) is 2.18. The van der Waals surface area contributed by atoms with E-state index in [1.165, 1.54) is 16.5 Å².